The molecule has 0 saturated carbocycles. The zero-order chi connectivity index (χ0) is 18.5. The summed E-state index contributed by atoms with van der Waals surface area (Å²) in [5, 5.41) is 0.483. The van der Waals surface area contributed by atoms with Gasteiger partial charge >= 0.3 is 0 Å². The van der Waals surface area contributed by atoms with Gasteiger partial charge < -0.3 is 19.3 Å². The fourth-order valence-electron chi connectivity index (χ4n) is 2.83. The van der Waals surface area contributed by atoms with E-state index in [2.05, 4.69) is 20.8 Å². The van der Waals surface area contributed by atoms with Gasteiger partial charge in [-0.15, -0.1) is 0 Å². The van der Waals surface area contributed by atoms with Gasteiger partial charge in [-0.1, -0.05) is 27.5 Å². The minimum absolute atomic E-state index is 0.0100. The zero-order valence-electron chi connectivity index (χ0n) is 14.5. The fourth-order valence-corrected chi connectivity index (χ4v) is 3.56. The monoisotopic (exact) mass is 438 g/mol. The first-order valence-electron chi connectivity index (χ1n) is 8.31. The summed E-state index contributed by atoms with van der Waals surface area (Å²) in [5.74, 6) is 1.32. The predicted molar refractivity (Wildman–Crippen MR) is 106 cm³/mol. The second-order valence-electron chi connectivity index (χ2n) is 5.93. The molecule has 1 aliphatic heterocycles. The van der Waals surface area contributed by atoms with Gasteiger partial charge in [0.15, 0.2) is 6.61 Å². The quantitative estimate of drug-likeness (QED) is 0.710. The number of amides is 1. The minimum Gasteiger partial charge on any atom is -0.497 e. The highest BCUT2D eigenvalue weighted by atomic mass is 79.9. The lowest BCUT2D eigenvalue weighted by molar-refractivity contribution is -0.133. The lowest BCUT2D eigenvalue weighted by Gasteiger charge is -2.36. The smallest absolute Gasteiger partial charge is 0.260 e. The minimum atomic E-state index is -0.0293. The number of methoxy groups -OCH3 is 1. The average Bonchev–Trinajstić information content (AvgIpc) is 2.67. The van der Waals surface area contributed by atoms with E-state index in [4.69, 9.17) is 21.1 Å². The number of carbonyl (C=O) groups is 1. The number of benzene rings is 2. The van der Waals surface area contributed by atoms with Crippen LogP contribution < -0.4 is 14.4 Å². The Morgan fingerprint density at radius 2 is 1.81 bits per heavy atom. The van der Waals surface area contributed by atoms with Gasteiger partial charge in [-0.3, -0.25) is 4.79 Å². The van der Waals surface area contributed by atoms with Crippen LogP contribution in [0.1, 0.15) is 0 Å². The second kappa shape index (κ2) is 8.64. The Morgan fingerprint density at radius 1 is 1.12 bits per heavy atom. The van der Waals surface area contributed by atoms with Crippen molar-refractivity contribution in [1.82, 2.24) is 4.90 Å². The second-order valence-corrected chi connectivity index (χ2v) is 7.25. The van der Waals surface area contributed by atoms with Crippen molar-refractivity contribution in [2.24, 2.45) is 0 Å². The molecule has 0 aromatic heterocycles. The van der Waals surface area contributed by atoms with Crippen LogP contribution in [-0.4, -0.2) is 50.7 Å². The Hall–Kier alpha value is -1.92. The molecule has 0 bridgehead atoms. The summed E-state index contributed by atoms with van der Waals surface area (Å²) in [7, 11) is 1.66. The highest BCUT2D eigenvalue weighted by Crippen LogP contribution is 2.27. The van der Waals surface area contributed by atoms with Gasteiger partial charge in [-0.25, -0.2) is 0 Å². The van der Waals surface area contributed by atoms with Crippen molar-refractivity contribution >= 4 is 39.1 Å². The molecule has 5 nitrogen and oxygen atoms in total. The van der Waals surface area contributed by atoms with Crippen LogP contribution in [0.2, 0.25) is 5.02 Å². The van der Waals surface area contributed by atoms with Crippen molar-refractivity contribution in [3.63, 3.8) is 0 Å². The third-order valence-corrected chi connectivity index (χ3v) is 5.10. The van der Waals surface area contributed by atoms with Crippen molar-refractivity contribution in [1.29, 1.82) is 0 Å². The molecule has 3 rings (SSSR count). The lowest BCUT2D eigenvalue weighted by Crippen LogP contribution is -2.50. The van der Waals surface area contributed by atoms with Crippen molar-refractivity contribution in [3.8, 4) is 11.5 Å². The van der Waals surface area contributed by atoms with E-state index in [0.29, 0.717) is 23.9 Å². The van der Waals surface area contributed by atoms with Gasteiger partial charge in [0, 0.05) is 36.3 Å². The number of hydrogen-bond donors (Lipinski definition) is 0. The van der Waals surface area contributed by atoms with Crippen LogP contribution in [0.25, 0.3) is 0 Å². The molecule has 0 atom stereocenters. The number of rotatable bonds is 5. The van der Waals surface area contributed by atoms with Crippen LogP contribution >= 0.6 is 27.5 Å². The molecule has 26 heavy (non-hydrogen) atoms. The Morgan fingerprint density at radius 3 is 2.42 bits per heavy atom. The maximum atomic E-state index is 12.4. The van der Waals surface area contributed by atoms with Gasteiger partial charge in [0.1, 0.15) is 11.5 Å². The Kier molecular flexibility index (Phi) is 6.27. The van der Waals surface area contributed by atoms with E-state index in [1.165, 1.54) is 0 Å². The Balaban J connectivity index is 1.50. The summed E-state index contributed by atoms with van der Waals surface area (Å²) in [6, 6.07) is 13.3. The van der Waals surface area contributed by atoms with Crippen molar-refractivity contribution in [2.75, 3.05) is 44.8 Å². The first kappa shape index (κ1) is 18.9. The molecule has 2 aromatic carbocycles. The summed E-state index contributed by atoms with van der Waals surface area (Å²) in [4.78, 5) is 16.5. The van der Waals surface area contributed by atoms with E-state index in [1.807, 2.05) is 35.2 Å². The largest absolute Gasteiger partial charge is 0.497 e. The number of carbonyl (C=O) groups excluding carboxylic acids is 1. The molecular weight excluding hydrogens is 420 g/mol. The van der Waals surface area contributed by atoms with Gasteiger partial charge in [0.2, 0.25) is 0 Å². The maximum absolute atomic E-state index is 12.4. The zero-order valence-corrected chi connectivity index (χ0v) is 16.8. The molecule has 1 saturated heterocycles. The summed E-state index contributed by atoms with van der Waals surface area (Å²) in [6.45, 7) is 2.91. The number of hydrogen-bond acceptors (Lipinski definition) is 4. The van der Waals surface area contributed by atoms with E-state index in [-0.39, 0.29) is 12.5 Å². The summed E-state index contributed by atoms with van der Waals surface area (Å²) >= 11 is 9.46. The molecule has 0 spiro atoms. The molecule has 1 aliphatic rings. The predicted octanol–water partition coefficient (Wildman–Crippen LogP) is 3.84. The van der Waals surface area contributed by atoms with Crippen molar-refractivity contribution < 1.29 is 14.3 Å². The van der Waals surface area contributed by atoms with E-state index in [9.17, 15) is 4.79 Å². The number of ether oxygens (including phenoxy) is 2. The third-order valence-electron chi connectivity index (χ3n) is 4.32. The molecule has 2 aromatic rings. The summed E-state index contributed by atoms with van der Waals surface area (Å²) < 4.78 is 11.6. The molecule has 7 heteroatoms. The standard InChI is InChI=1S/C19H20BrClN2O3/c1-25-16-5-3-15(4-6-16)22-8-10-23(11-9-22)19(24)13-26-18-7-2-14(20)12-17(18)21/h2-7,12H,8-11,13H2,1H3. The average molecular weight is 440 g/mol. The normalized spacial score (nSPS) is 14.3. The van der Waals surface area contributed by atoms with E-state index in [0.717, 1.165) is 29.0 Å². The molecule has 1 amide bonds. The van der Waals surface area contributed by atoms with E-state index < -0.39 is 0 Å². The van der Waals surface area contributed by atoms with E-state index >= 15 is 0 Å². The molecule has 0 radical (unpaired) electrons. The van der Waals surface area contributed by atoms with Crippen molar-refractivity contribution in [3.05, 3.63) is 52.0 Å². The number of nitrogens with zero attached hydrogens (tertiary/aromatic N) is 2. The third kappa shape index (κ3) is 4.62. The number of anilines is 1. The van der Waals surface area contributed by atoms with Crippen LogP contribution in [-0.2, 0) is 4.79 Å². The fraction of sp³-hybridized carbons (Fsp3) is 0.316. The first-order chi connectivity index (χ1) is 12.6. The van der Waals surface area contributed by atoms with Gasteiger partial charge in [-0.2, -0.15) is 0 Å². The van der Waals surface area contributed by atoms with Crippen LogP contribution in [0, 0.1) is 0 Å². The summed E-state index contributed by atoms with van der Waals surface area (Å²) in [6.07, 6.45) is 0. The SMILES string of the molecule is COc1ccc(N2CCN(C(=O)COc3ccc(Br)cc3Cl)CC2)cc1. The van der Waals surface area contributed by atoms with Gasteiger partial charge in [0.05, 0.1) is 12.1 Å². The molecule has 1 fully saturated rings. The number of piperazine rings is 1. The number of halogens is 2. The van der Waals surface area contributed by atoms with Crippen LogP contribution in [0.15, 0.2) is 46.9 Å². The van der Waals surface area contributed by atoms with Crippen molar-refractivity contribution in [2.45, 2.75) is 0 Å². The molecular formula is C19H20BrClN2O3. The lowest BCUT2D eigenvalue weighted by atomic mass is 10.2. The van der Waals surface area contributed by atoms with Crippen LogP contribution in [0.3, 0.4) is 0 Å². The summed E-state index contributed by atoms with van der Waals surface area (Å²) in [5.41, 5.74) is 1.13. The highest BCUT2D eigenvalue weighted by molar-refractivity contribution is 9.10. The van der Waals surface area contributed by atoms with Gasteiger partial charge in [0.25, 0.3) is 5.91 Å². The first-order valence-corrected chi connectivity index (χ1v) is 9.48. The maximum Gasteiger partial charge on any atom is 0.260 e. The molecule has 0 unspecified atom stereocenters. The van der Waals surface area contributed by atoms with E-state index in [1.54, 1.807) is 19.2 Å². The Labute approximate surface area is 166 Å². The highest BCUT2D eigenvalue weighted by Gasteiger charge is 2.22. The molecule has 1 heterocycles. The van der Waals surface area contributed by atoms with Crippen LogP contribution in [0.4, 0.5) is 5.69 Å². The molecule has 0 N–H and O–H groups in total. The Bertz CT molecular complexity index is 762. The van der Waals surface area contributed by atoms with Gasteiger partial charge in [-0.05, 0) is 42.5 Å². The van der Waals surface area contributed by atoms with Crippen LogP contribution in [0.5, 0.6) is 11.5 Å². The topological polar surface area (TPSA) is 42.0 Å². The molecule has 0 aliphatic carbocycles. The molecule has 138 valence electrons.